The topological polar surface area (TPSA) is 129 Å². The Morgan fingerprint density at radius 3 is 2.48 bits per heavy atom. The van der Waals surface area contributed by atoms with E-state index in [0.717, 1.165) is 5.52 Å². The third-order valence-corrected chi connectivity index (χ3v) is 3.60. The molecule has 0 unspecified atom stereocenters. The van der Waals surface area contributed by atoms with Crippen molar-refractivity contribution in [3.8, 4) is 11.5 Å². The van der Waals surface area contributed by atoms with Gasteiger partial charge in [0.1, 0.15) is 11.5 Å². The molecule has 3 aromatic rings. The van der Waals surface area contributed by atoms with Gasteiger partial charge >= 0.3 is 5.97 Å². The van der Waals surface area contributed by atoms with Crippen molar-refractivity contribution < 1.29 is 19.0 Å². The highest BCUT2D eigenvalue weighted by atomic mass is 16.5. The van der Waals surface area contributed by atoms with Crippen LogP contribution < -0.4 is 20.8 Å². The fraction of sp³-hybridized carbons (Fsp3) is 0.200. The summed E-state index contributed by atoms with van der Waals surface area (Å²) >= 11 is 0. The monoisotopic (exact) mass is 398 g/mol. The van der Waals surface area contributed by atoms with Gasteiger partial charge in [0.25, 0.3) is 0 Å². The largest absolute Gasteiger partial charge is 0.495 e. The highest BCUT2D eigenvalue weighted by Crippen LogP contribution is 2.17. The maximum atomic E-state index is 11.0. The molecule has 0 aliphatic rings. The number of fused-ring (bicyclic) bond motifs is 1. The van der Waals surface area contributed by atoms with Gasteiger partial charge in [-0.15, -0.1) is 0 Å². The Hall–Kier alpha value is -3.88. The number of carbonyl (C=O) groups excluding carboxylic acids is 1. The van der Waals surface area contributed by atoms with E-state index in [4.69, 9.17) is 19.9 Å². The number of aromatic nitrogens is 3. The van der Waals surface area contributed by atoms with Crippen molar-refractivity contribution in [3.05, 3.63) is 58.8 Å². The second-order valence-corrected chi connectivity index (χ2v) is 5.57. The molecule has 0 spiro atoms. The molecule has 3 rings (SSSR count). The van der Waals surface area contributed by atoms with Gasteiger partial charge in [-0.25, -0.2) is 4.79 Å². The number of nitrogens with one attached hydrogen (secondary N) is 1. The zero-order valence-corrected chi connectivity index (χ0v) is 16.3. The minimum Gasteiger partial charge on any atom is -0.495 e. The number of esters is 1. The molecule has 0 fully saturated rings. The van der Waals surface area contributed by atoms with Crippen LogP contribution in [0.4, 0.5) is 5.69 Å². The Balaban J connectivity index is 0.000000211. The summed E-state index contributed by atoms with van der Waals surface area (Å²) in [5.41, 5.74) is 7.96. The molecule has 3 heterocycles. The quantitative estimate of drug-likeness (QED) is 0.494. The number of hydrogen-bond donors (Lipinski definition) is 2. The molecule has 29 heavy (non-hydrogen) atoms. The molecule has 3 aromatic heterocycles. The van der Waals surface area contributed by atoms with E-state index < -0.39 is 5.97 Å². The average molecular weight is 398 g/mol. The van der Waals surface area contributed by atoms with Gasteiger partial charge in [-0.1, -0.05) is 0 Å². The average Bonchev–Trinajstić information content (AvgIpc) is 2.72. The first-order chi connectivity index (χ1) is 14.0. The Morgan fingerprint density at radius 2 is 1.83 bits per heavy atom. The molecule has 0 atom stereocenters. The summed E-state index contributed by atoms with van der Waals surface area (Å²) in [5, 5.41) is 0. The number of hydrogen-bond acceptors (Lipinski definition) is 8. The molecule has 0 aromatic carbocycles. The fourth-order valence-corrected chi connectivity index (χ4v) is 2.19. The number of nitrogen functional groups attached to an aromatic ring is 1. The van der Waals surface area contributed by atoms with Crippen molar-refractivity contribution in [2.24, 2.45) is 0 Å². The number of ether oxygens (including phenoxy) is 3. The molecule has 3 N–H and O–H groups in total. The number of nitrogens with zero attached hydrogens (tertiary/aromatic N) is 2. The van der Waals surface area contributed by atoms with Gasteiger partial charge in [0, 0.05) is 24.3 Å². The third-order valence-electron chi connectivity index (χ3n) is 3.60. The first kappa shape index (κ1) is 21.4. The summed E-state index contributed by atoms with van der Waals surface area (Å²) in [4.78, 5) is 32.8. The summed E-state index contributed by atoms with van der Waals surface area (Å²) < 4.78 is 14.7. The first-order valence-corrected chi connectivity index (χ1v) is 8.64. The van der Waals surface area contributed by atoms with Crippen molar-refractivity contribution in [2.45, 2.75) is 6.92 Å². The molecule has 9 heteroatoms. The molecule has 0 bridgehead atoms. The molecule has 0 saturated heterocycles. The van der Waals surface area contributed by atoms with Crippen LogP contribution in [0.1, 0.15) is 12.6 Å². The van der Waals surface area contributed by atoms with E-state index >= 15 is 0 Å². The first-order valence-electron chi connectivity index (χ1n) is 8.64. The van der Waals surface area contributed by atoms with E-state index in [1.807, 2.05) is 0 Å². The number of pyridine rings is 3. The SMILES string of the molecule is CCOC(=O)C=Cc1ncc(OC)cc1N.COc1cnc2ccc(=O)[nH]c2c1. The van der Waals surface area contributed by atoms with Crippen LogP contribution in [-0.4, -0.2) is 41.7 Å². The van der Waals surface area contributed by atoms with Crippen LogP contribution >= 0.6 is 0 Å². The zero-order chi connectivity index (χ0) is 21.2. The summed E-state index contributed by atoms with van der Waals surface area (Å²) in [6, 6.07) is 6.50. The van der Waals surface area contributed by atoms with Crippen molar-refractivity contribution in [3.63, 3.8) is 0 Å². The number of methoxy groups -OCH3 is 2. The lowest BCUT2D eigenvalue weighted by atomic mass is 10.2. The number of H-pyrrole nitrogens is 1. The predicted molar refractivity (Wildman–Crippen MR) is 110 cm³/mol. The van der Waals surface area contributed by atoms with Crippen LogP contribution in [0.25, 0.3) is 17.1 Å². The molecule has 0 aliphatic carbocycles. The highest BCUT2D eigenvalue weighted by Gasteiger charge is 2.01. The second kappa shape index (κ2) is 10.5. The second-order valence-electron chi connectivity index (χ2n) is 5.57. The Bertz CT molecular complexity index is 1060. The van der Waals surface area contributed by atoms with Crippen LogP contribution in [0.15, 0.2) is 47.5 Å². The van der Waals surface area contributed by atoms with E-state index in [2.05, 4.69) is 15.0 Å². The Labute approximate surface area is 167 Å². The summed E-state index contributed by atoms with van der Waals surface area (Å²) in [6.45, 7) is 2.08. The highest BCUT2D eigenvalue weighted by molar-refractivity contribution is 5.87. The minimum atomic E-state index is -0.417. The van der Waals surface area contributed by atoms with Gasteiger partial charge in [0.05, 0.1) is 55.6 Å². The van der Waals surface area contributed by atoms with Crippen LogP contribution in [0, 0.1) is 0 Å². The molecule has 9 nitrogen and oxygen atoms in total. The van der Waals surface area contributed by atoms with Crippen LogP contribution in [-0.2, 0) is 9.53 Å². The van der Waals surface area contributed by atoms with E-state index in [-0.39, 0.29) is 5.56 Å². The van der Waals surface area contributed by atoms with Gasteiger partial charge < -0.3 is 24.9 Å². The molecule has 0 saturated carbocycles. The summed E-state index contributed by atoms with van der Waals surface area (Å²) in [7, 11) is 3.09. The standard InChI is InChI=1S/C11H14N2O3.C9H8N2O2/c1-3-16-11(14)5-4-10-9(12)6-8(15-2)7-13-10;1-13-6-4-8-7(10-5-6)2-3-9(12)11-8/h4-7H,3,12H2,1-2H3;2-5H,1H3,(H,11,12). The molecule has 0 radical (unpaired) electrons. The number of anilines is 1. The lowest BCUT2D eigenvalue weighted by Gasteiger charge is -2.02. The normalized spacial score (nSPS) is 10.3. The van der Waals surface area contributed by atoms with Gasteiger partial charge in [-0.2, -0.15) is 0 Å². The van der Waals surface area contributed by atoms with E-state index in [9.17, 15) is 9.59 Å². The van der Waals surface area contributed by atoms with E-state index in [1.165, 1.54) is 31.5 Å². The predicted octanol–water partition coefficient (Wildman–Crippen LogP) is 2.18. The molecular formula is C20H22N4O5. The minimum absolute atomic E-state index is 0.137. The van der Waals surface area contributed by atoms with Gasteiger partial charge in [-0.3, -0.25) is 14.8 Å². The summed E-state index contributed by atoms with van der Waals surface area (Å²) in [6.07, 6.45) is 5.93. The lowest BCUT2D eigenvalue weighted by molar-refractivity contribution is -0.137. The fourth-order valence-electron chi connectivity index (χ4n) is 2.19. The van der Waals surface area contributed by atoms with Crippen LogP contribution in [0.2, 0.25) is 0 Å². The summed E-state index contributed by atoms with van der Waals surface area (Å²) in [5.74, 6) is 0.791. The lowest BCUT2D eigenvalue weighted by Crippen LogP contribution is -2.02. The molecule has 0 aliphatic heterocycles. The van der Waals surface area contributed by atoms with E-state index in [0.29, 0.717) is 35.0 Å². The van der Waals surface area contributed by atoms with Crippen molar-refractivity contribution >= 4 is 28.8 Å². The molecular weight excluding hydrogens is 376 g/mol. The Kier molecular flexibility index (Phi) is 7.72. The van der Waals surface area contributed by atoms with Crippen molar-refractivity contribution in [1.82, 2.24) is 15.0 Å². The van der Waals surface area contributed by atoms with Crippen LogP contribution in [0.5, 0.6) is 11.5 Å². The Morgan fingerprint density at radius 1 is 1.14 bits per heavy atom. The molecule has 0 amide bonds. The smallest absolute Gasteiger partial charge is 0.330 e. The number of nitrogens with two attached hydrogens (primary N) is 1. The number of aromatic amines is 1. The zero-order valence-electron chi connectivity index (χ0n) is 16.3. The maximum Gasteiger partial charge on any atom is 0.330 e. The van der Waals surface area contributed by atoms with Gasteiger partial charge in [-0.05, 0) is 19.1 Å². The van der Waals surface area contributed by atoms with Crippen LogP contribution in [0.3, 0.4) is 0 Å². The maximum absolute atomic E-state index is 11.0. The van der Waals surface area contributed by atoms with Gasteiger partial charge in [0.2, 0.25) is 5.56 Å². The van der Waals surface area contributed by atoms with E-state index in [1.54, 1.807) is 38.4 Å². The van der Waals surface area contributed by atoms with Gasteiger partial charge in [0.15, 0.2) is 0 Å². The van der Waals surface area contributed by atoms with Crippen molar-refractivity contribution in [1.29, 1.82) is 0 Å². The third kappa shape index (κ3) is 6.35. The molecule has 152 valence electrons. The van der Waals surface area contributed by atoms with Crippen molar-refractivity contribution in [2.75, 3.05) is 26.6 Å². The number of rotatable bonds is 5. The number of carbonyl (C=O) groups is 1.